The lowest BCUT2D eigenvalue weighted by Gasteiger charge is -2.36. The quantitative estimate of drug-likeness (QED) is 0.558. The van der Waals surface area contributed by atoms with Gasteiger partial charge in [0.25, 0.3) is 5.91 Å². The van der Waals surface area contributed by atoms with Gasteiger partial charge in [-0.1, -0.05) is 72.5 Å². The molecule has 0 bridgehead atoms. The van der Waals surface area contributed by atoms with Crippen molar-refractivity contribution >= 4 is 51.9 Å². The molecule has 4 rings (SSSR count). The maximum absolute atomic E-state index is 12.8. The SMILES string of the molecule is O=C(CN1C(=O)C(=Cc2ccccc2)SC1=S)N1CCN(c2ccccc2)CC1. The molecule has 2 aliphatic heterocycles. The summed E-state index contributed by atoms with van der Waals surface area (Å²) in [4.78, 5) is 31.6. The Labute approximate surface area is 180 Å². The second-order valence-corrected chi connectivity index (χ2v) is 8.56. The zero-order valence-corrected chi connectivity index (χ0v) is 17.5. The van der Waals surface area contributed by atoms with Gasteiger partial charge in [-0.05, 0) is 23.8 Å². The number of hydrogen-bond donors (Lipinski definition) is 0. The molecular formula is C22H21N3O2S2. The number of thioether (sulfide) groups is 1. The van der Waals surface area contributed by atoms with Crippen LogP contribution < -0.4 is 4.90 Å². The van der Waals surface area contributed by atoms with E-state index in [0.29, 0.717) is 22.3 Å². The molecule has 0 spiro atoms. The van der Waals surface area contributed by atoms with E-state index in [-0.39, 0.29) is 18.4 Å². The molecule has 5 nitrogen and oxygen atoms in total. The summed E-state index contributed by atoms with van der Waals surface area (Å²) < 4.78 is 0.438. The molecular weight excluding hydrogens is 402 g/mol. The van der Waals surface area contributed by atoms with Crippen LogP contribution in [0.5, 0.6) is 0 Å². The Kier molecular flexibility index (Phi) is 5.97. The highest BCUT2D eigenvalue weighted by atomic mass is 32.2. The fourth-order valence-corrected chi connectivity index (χ4v) is 4.68. The Morgan fingerprint density at radius 1 is 0.966 bits per heavy atom. The number of anilines is 1. The Morgan fingerprint density at radius 3 is 2.24 bits per heavy atom. The average molecular weight is 424 g/mol. The Morgan fingerprint density at radius 2 is 1.59 bits per heavy atom. The molecule has 2 heterocycles. The van der Waals surface area contributed by atoms with Gasteiger partial charge in [-0.2, -0.15) is 0 Å². The molecule has 2 amide bonds. The van der Waals surface area contributed by atoms with E-state index >= 15 is 0 Å². The van der Waals surface area contributed by atoms with E-state index in [9.17, 15) is 9.59 Å². The van der Waals surface area contributed by atoms with Crippen molar-refractivity contribution in [2.45, 2.75) is 0 Å². The monoisotopic (exact) mass is 423 g/mol. The van der Waals surface area contributed by atoms with Crippen molar-refractivity contribution in [2.75, 3.05) is 37.6 Å². The Hall–Kier alpha value is -2.64. The van der Waals surface area contributed by atoms with E-state index < -0.39 is 0 Å². The maximum atomic E-state index is 12.8. The van der Waals surface area contributed by atoms with Crippen molar-refractivity contribution in [2.24, 2.45) is 0 Å². The standard InChI is InChI=1S/C22H21N3O2S2/c26-20(24-13-11-23(12-14-24)18-9-5-2-6-10-18)16-25-21(27)19(29-22(25)28)15-17-7-3-1-4-8-17/h1-10,15H,11-14,16H2. The van der Waals surface area contributed by atoms with Crippen LogP contribution in [-0.4, -0.2) is 58.7 Å². The molecule has 148 valence electrons. The van der Waals surface area contributed by atoms with Gasteiger partial charge in [0.05, 0.1) is 4.91 Å². The molecule has 0 saturated carbocycles. The third-order valence-electron chi connectivity index (χ3n) is 5.02. The van der Waals surface area contributed by atoms with E-state index in [0.717, 1.165) is 18.7 Å². The highest BCUT2D eigenvalue weighted by Crippen LogP contribution is 2.32. The summed E-state index contributed by atoms with van der Waals surface area (Å²) in [6.45, 7) is 2.84. The third-order valence-corrected chi connectivity index (χ3v) is 6.40. The number of amides is 2. The van der Waals surface area contributed by atoms with Gasteiger partial charge in [-0.3, -0.25) is 14.5 Å². The van der Waals surface area contributed by atoms with Crippen LogP contribution in [0.15, 0.2) is 65.6 Å². The lowest BCUT2D eigenvalue weighted by molar-refractivity contribution is -0.135. The van der Waals surface area contributed by atoms with Crippen LogP contribution in [0.4, 0.5) is 5.69 Å². The first-order valence-corrected chi connectivity index (χ1v) is 10.7. The highest BCUT2D eigenvalue weighted by Gasteiger charge is 2.34. The summed E-state index contributed by atoms with van der Waals surface area (Å²) in [5, 5.41) is 0. The van der Waals surface area contributed by atoms with Crippen molar-refractivity contribution in [3.8, 4) is 0 Å². The van der Waals surface area contributed by atoms with E-state index in [1.165, 1.54) is 22.3 Å². The van der Waals surface area contributed by atoms with Gasteiger partial charge in [0.2, 0.25) is 5.91 Å². The summed E-state index contributed by atoms with van der Waals surface area (Å²) in [5.74, 6) is -0.255. The number of carbonyl (C=O) groups excluding carboxylic acids is 2. The first-order chi connectivity index (χ1) is 14.1. The van der Waals surface area contributed by atoms with Gasteiger partial charge in [0.1, 0.15) is 10.9 Å². The molecule has 2 saturated heterocycles. The van der Waals surface area contributed by atoms with E-state index in [2.05, 4.69) is 17.0 Å². The number of nitrogens with zero attached hydrogens (tertiary/aromatic N) is 3. The summed E-state index contributed by atoms with van der Waals surface area (Å²) in [6, 6.07) is 19.8. The minimum atomic E-state index is -0.194. The minimum Gasteiger partial charge on any atom is -0.368 e. The molecule has 2 aromatic carbocycles. The molecule has 0 radical (unpaired) electrons. The number of benzene rings is 2. The van der Waals surface area contributed by atoms with Crippen molar-refractivity contribution in [3.63, 3.8) is 0 Å². The van der Waals surface area contributed by atoms with Crippen molar-refractivity contribution < 1.29 is 9.59 Å². The number of carbonyl (C=O) groups is 2. The van der Waals surface area contributed by atoms with Crippen LogP contribution in [0.2, 0.25) is 0 Å². The number of piperazine rings is 1. The second-order valence-electron chi connectivity index (χ2n) is 6.88. The van der Waals surface area contributed by atoms with Gasteiger partial charge >= 0.3 is 0 Å². The van der Waals surface area contributed by atoms with E-state index in [1.807, 2.05) is 59.5 Å². The molecule has 0 atom stereocenters. The maximum Gasteiger partial charge on any atom is 0.266 e. The van der Waals surface area contributed by atoms with Crippen LogP contribution in [0.3, 0.4) is 0 Å². The highest BCUT2D eigenvalue weighted by molar-refractivity contribution is 8.26. The molecule has 0 aromatic heterocycles. The topological polar surface area (TPSA) is 43.9 Å². The first kappa shape index (κ1) is 19.7. The van der Waals surface area contributed by atoms with Crippen LogP contribution >= 0.6 is 24.0 Å². The summed E-state index contributed by atoms with van der Waals surface area (Å²) in [5.41, 5.74) is 2.11. The fraction of sp³-hybridized carbons (Fsp3) is 0.227. The fourth-order valence-electron chi connectivity index (χ4n) is 3.43. The van der Waals surface area contributed by atoms with Crippen LogP contribution in [-0.2, 0) is 9.59 Å². The zero-order valence-electron chi connectivity index (χ0n) is 15.9. The van der Waals surface area contributed by atoms with Crippen LogP contribution in [0.25, 0.3) is 6.08 Å². The van der Waals surface area contributed by atoms with Gasteiger partial charge in [0.15, 0.2) is 0 Å². The van der Waals surface area contributed by atoms with Crippen LogP contribution in [0.1, 0.15) is 5.56 Å². The molecule has 2 aromatic rings. The lowest BCUT2D eigenvalue weighted by Crippen LogP contribution is -2.51. The minimum absolute atomic E-state index is 0.00212. The van der Waals surface area contributed by atoms with E-state index in [1.54, 1.807) is 0 Å². The normalized spacial score (nSPS) is 18.6. The number of para-hydroxylation sites is 1. The van der Waals surface area contributed by atoms with E-state index in [4.69, 9.17) is 12.2 Å². The Balaban J connectivity index is 1.36. The van der Waals surface area contributed by atoms with Crippen molar-refractivity contribution in [3.05, 3.63) is 71.1 Å². The molecule has 0 aliphatic carbocycles. The predicted molar refractivity (Wildman–Crippen MR) is 122 cm³/mol. The molecule has 0 N–H and O–H groups in total. The number of hydrogen-bond acceptors (Lipinski definition) is 5. The molecule has 2 aliphatic rings. The number of thiocarbonyl (C=S) groups is 1. The second kappa shape index (κ2) is 8.80. The first-order valence-electron chi connectivity index (χ1n) is 9.50. The predicted octanol–water partition coefficient (Wildman–Crippen LogP) is 3.24. The molecule has 29 heavy (non-hydrogen) atoms. The smallest absolute Gasteiger partial charge is 0.266 e. The lowest BCUT2D eigenvalue weighted by atomic mass is 10.2. The van der Waals surface area contributed by atoms with Crippen molar-refractivity contribution in [1.82, 2.24) is 9.80 Å². The Bertz CT molecular complexity index is 939. The molecule has 0 unspecified atom stereocenters. The molecule has 2 fully saturated rings. The van der Waals surface area contributed by atoms with Crippen molar-refractivity contribution in [1.29, 1.82) is 0 Å². The third kappa shape index (κ3) is 4.52. The number of rotatable bonds is 4. The summed E-state index contributed by atoms with van der Waals surface area (Å²) >= 11 is 6.61. The zero-order chi connectivity index (χ0) is 20.2. The largest absolute Gasteiger partial charge is 0.368 e. The summed E-state index contributed by atoms with van der Waals surface area (Å²) in [6.07, 6.45) is 1.82. The van der Waals surface area contributed by atoms with Gasteiger partial charge in [0, 0.05) is 31.9 Å². The van der Waals surface area contributed by atoms with Gasteiger partial charge in [-0.25, -0.2) is 0 Å². The molecule has 7 heteroatoms. The van der Waals surface area contributed by atoms with Crippen LogP contribution in [0, 0.1) is 0 Å². The average Bonchev–Trinajstić information content (AvgIpc) is 3.02. The van der Waals surface area contributed by atoms with Gasteiger partial charge < -0.3 is 9.80 Å². The van der Waals surface area contributed by atoms with Gasteiger partial charge in [-0.15, -0.1) is 0 Å². The summed E-state index contributed by atoms with van der Waals surface area (Å²) in [7, 11) is 0.